The van der Waals surface area contributed by atoms with E-state index in [4.69, 9.17) is 17.3 Å². The predicted molar refractivity (Wildman–Crippen MR) is 134 cm³/mol. The zero-order valence-electron chi connectivity index (χ0n) is 18.6. The first-order chi connectivity index (χ1) is 16.5. The van der Waals surface area contributed by atoms with Crippen LogP contribution in [0.4, 0.5) is 11.5 Å². The number of hydrogen-bond donors (Lipinski definition) is 2. The third kappa shape index (κ3) is 4.61. The molecule has 5 rings (SSSR count). The van der Waals surface area contributed by atoms with Crippen molar-refractivity contribution in [3.63, 3.8) is 0 Å². The second-order valence-corrected chi connectivity index (χ2v) is 8.65. The molecule has 9 nitrogen and oxygen atoms in total. The van der Waals surface area contributed by atoms with Crippen molar-refractivity contribution in [3.05, 3.63) is 70.1 Å². The number of fused-ring (bicyclic) bond motifs is 1. The normalized spacial score (nSPS) is 14.8. The van der Waals surface area contributed by atoms with Gasteiger partial charge in [0.1, 0.15) is 5.82 Å². The number of likely N-dealkylation sites (N-methyl/N-ethyl adjacent to an activating group) is 1. The Kier molecular flexibility index (Phi) is 5.95. The van der Waals surface area contributed by atoms with Gasteiger partial charge in [0.25, 0.3) is 0 Å². The van der Waals surface area contributed by atoms with Gasteiger partial charge in [-0.3, -0.25) is 9.99 Å². The van der Waals surface area contributed by atoms with Gasteiger partial charge in [-0.05, 0) is 48.5 Å². The van der Waals surface area contributed by atoms with E-state index in [1.807, 2.05) is 53.5 Å². The Balaban J connectivity index is 1.52. The molecular formula is C24H23ClN8O. The van der Waals surface area contributed by atoms with Gasteiger partial charge in [-0.1, -0.05) is 41.1 Å². The van der Waals surface area contributed by atoms with E-state index in [2.05, 4.69) is 37.2 Å². The average Bonchev–Trinajstić information content (AvgIpc) is 2.83. The summed E-state index contributed by atoms with van der Waals surface area (Å²) in [6.07, 6.45) is 0. The summed E-state index contributed by atoms with van der Waals surface area (Å²) in [5, 5.41) is 11.9. The van der Waals surface area contributed by atoms with Crippen molar-refractivity contribution in [2.45, 2.75) is 0 Å². The van der Waals surface area contributed by atoms with Gasteiger partial charge in [0.05, 0.1) is 29.9 Å². The molecule has 0 atom stereocenters. The zero-order chi connectivity index (χ0) is 23.7. The molecule has 1 saturated heterocycles. The highest BCUT2D eigenvalue weighted by Crippen LogP contribution is 2.34. The molecule has 0 unspecified atom stereocenters. The van der Waals surface area contributed by atoms with E-state index >= 15 is 0 Å². The topological polar surface area (TPSA) is 116 Å². The third-order valence-corrected chi connectivity index (χ3v) is 6.02. The van der Waals surface area contributed by atoms with Crippen molar-refractivity contribution < 1.29 is 0 Å². The number of halogens is 1. The molecule has 0 radical (unpaired) electrons. The van der Waals surface area contributed by atoms with Gasteiger partial charge in [-0.25, -0.2) is 9.78 Å². The standard InChI is InChI=1S/C24H23ClN8O/c1-32-9-11-33(12-10-32)31-30-18-7-5-15(6-8-18)20-14-19(16-3-2-4-17(25)13-16)21-22(26)28-24(34)29-23(21)27-20/h2-8,13-14H,9-12H2,1H3,(H3,26,27,28,29,34). The van der Waals surface area contributed by atoms with Crippen LogP contribution in [0.1, 0.15) is 0 Å². The summed E-state index contributed by atoms with van der Waals surface area (Å²) in [7, 11) is 2.10. The van der Waals surface area contributed by atoms with Crippen molar-refractivity contribution >= 4 is 34.1 Å². The highest BCUT2D eigenvalue weighted by molar-refractivity contribution is 6.31. The first kappa shape index (κ1) is 22.0. The fourth-order valence-electron chi connectivity index (χ4n) is 3.91. The molecule has 4 aromatic rings. The molecule has 2 aromatic heterocycles. The van der Waals surface area contributed by atoms with Gasteiger partial charge in [0.2, 0.25) is 0 Å². The number of rotatable bonds is 4. The van der Waals surface area contributed by atoms with Crippen molar-refractivity contribution in [1.82, 2.24) is 24.9 Å². The number of nitrogens with one attached hydrogen (secondary N) is 1. The smallest absolute Gasteiger partial charge is 0.348 e. The van der Waals surface area contributed by atoms with Gasteiger partial charge < -0.3 is 10.6 Å². The van der Waals surface area contributed by atoms with E-state index < -0.39 is 5.69 Å². The number of H-pyrrole nitrogens is 1. The fraction of sp³-hybridized carbons (Fsp3) is 0.208. The van der Waals surface area contributed by atoms with E-state index in [0.717, 1.165) is 48.6 Å². The quantitative estimate of drug-likeness (QED) is 0.429. The fourth-order valence-corrected chi connectivity index (χ4v) is 4.10. The SMILES string of the molecule is CN1CCN(N=Nc2ccc(-c3cc(-c4cccc(Cl)c4)c4c(N)[nH]c(=O)nc4n3)cc2)CC1. The molecule has 0 bridgehead atoms. The molecule has 0 aliphatic carbocycles. The van der Waals surface area contributed by atoms with Crippen molar-refractivity contribution in [2.75, 3.05) is 39.0 Å². The van der Waals surface area contributed by atoms with E-state index in [-0.39, 0.29) is 11.5 Å². The average molecular weight is 475 g/mol. The van der Waals surface area contributed by atoms with Crippen LogP contribution in [-0.2, 0) is 0 Å². The molecule has 2 aromatic carbocycles. The summed E-state index contributed by atoms with van der Waals surface area (Å²) < 4.78 is 0. The Hall–Kier alpha value is -3.82. The maximum atomic E-state index is 12.0. The highest BCUT2D eigenvalue weighted by atomic mass is 35.5. The van der Waals surface area contributed by atoms with Crippen LogP contribution in [0.3, 0.4) is 0 Å². The molecule has 3 heterocycles. The lowest BCUT2D eigenvalue weighted by Gasteiger charge is -2.29. The summed E-state index contributed by atoms with van der Waals surface area (Å²) >= 11 is 6.23. The van der Waals surface area contributed by atoms with Crippen molar-refractivity contribution in [2.24, 2.45) is 10.3 Å². The summed E-state index contributed by atoms with van der Waals surface area (Å²) in [5.74, 6) is 0.212. The number of pyridine rings is 1. The number of nitrogens with two attached hydrogens (primary N) is 1. The first-order valence-corrected chi connectivity index (χ1v) is 11.3. The van der Waals surface area contributed by atoms with Crippen LogP contribution < -0.4 is 11.4 Å². The second kappa shape index (κ2) is 9.20. The number of aromatic nitrogens is 3. The maximum Gasteiger partial charge on any atom is 0.348 e. The number of benzene rings is 2. The minimum Gasteiger partial charge on any atom is -0.385 e. The lowest BCUT2D eigenvalue weighted by molar-refractivity contribution is 0.150. The van der Waals surface area contributed by atoms with Crippen molar-refractivity contribution in [1.29, 1.82) is 0 Å². The lowest BCUT2D eigenvalue weighted by Crippen LogP contribution is -2.41. The Morgan fingerprint density at radius 2 is 1.76 bits per heavy atom. The van der Waals surface area contributed by atoms with E-state index in [0.29, 0.717) is 16.1 Å². The minimum absolute atomic E-state index is 0.212. The predicted octanol–water partition coefficient (Wildman–Crippen LogP) is 4.13. The molecular weight excluding hydrogens is 452 g/mol. The van der Waals surface area contributed by atoms with Gasteiger partial charge in [0, 0.05) is 23.7 Å². The summed E-state index contributed by atoms with van der Waals surface area (Å²) in [5.41, 5.74) is 9.75. The Morgan fingerprint density at radius 1 is 1.00 bits per heavy atom. The monoisotopic (exact) mass is 474 g/mol. The Bertz CT molecular complexity index is 1430. The second-order valence-electron chi connectivity index (χ2n) is 8.21. The number of anilines is 1. The Morgan fingerprint density at radius 3 is 2.50 bits per heavy atom. The molecule has 34 heavy (non-hydrogen) atoms. The maximum absolute atomic E-state index is 12.0. The largest absolute Gasteiger partial charge is 0.385 e. The number of nitrogen functional groups attached to an aromatic ring is 1. The summed E-state index contributed by atoms with van der Waals surface area (Å²) in [6, 6.07) is 17.0. The number of aromatic amines is 1. The van der Waals surface area contributed by atoms with Gasteiger partial charge in [-0.2, -0.15) is 4.98 Å². The molecule has 10 heteroatoms. The van der Waals surface area contributed by atoms with Crippen LogP contribution in [0.2, 0.25) is 5.02 Å². The van der Waals surface area contributed by atoms with E-state index in [9.17, 15) is 4.79 Å². The number of nitrogens with zero attached hydrogens (tertiary/aromatic N) is 6. The lowest BCUT2D eigenvalue weighted by atomic mass is 10.00. The van der Waals surface area contributed by atoms with Crippen LogP contribution in [0.15, 0.2) is 69.7 Å². The van der Waals surface area contributed by atoms with Crippen LogP contribution >= 0.6 is 11.6 Å². The molecule has 0 saturated carbocycles. The number of hydrogen-bond acceptors (Lipinski definition) is 7. The molecule has 1 fully saturated rings. The zero-order valence-corrected chi connectivity index (χ0v) is 19.3. The number of piperazine rings is 1. The van der Waals surface area contributed by atoms with Crippen LogP contribution in [0.5, 0.6) is 0 Å². The molecule has 0 spiro atoms. The van der Waals surface area contributed by atoms with Gasteiger partial charge >= 0.3 is 5.69 Å². The summed E-state index contributed by atoms with van der Waals surface area (Å²) in [4.78, 5) is 25.5. The molecule has 3 N–H and O–H groups in total. The van der Waals surface area contributed by atoms with Crippen molar-refractivity contribution in [3.8, 4) is 22.4 Å². The van der Waals surface area contributed by atoms with E-state index in [1.54, 1.807) is 6.07 Å². The van der Waals surface area contributed by atoms with Gasteiger partial charge in [0.15, 0.2) is 5.65 Å². The first-order valence-electron chi connectivity index (χ1n) is 10.9. The van der Waals surface area contributed by atoms with Gasteiger partial charge in [-0.15, -0.1) is 5.11 Å². The molecule has 1 aliphatic heterocycles. The molecule has 172 valence electrons. The van der Waals surface area contributed by atoms with Crippen LogP contribution in [0.25, 0.3) is 33.4 Å². The molecule has 1 aliphatic rings. The third-order valence-electron chi connectivity index (χ3n) is 5.78. The molecule has 0 amide bonds. The highest BCUT2D eigenvalue weighted by Gasteiger charge is 2.15. The van der Waals surface area contributed by atoms with Crippen LogP contribution in [-0.4, -0.2) is 58.1 Å². The Labute approximate surface area is 200 Å². The summed E-state index contributed by atoms with van der Waals surface area (Å²) in [6.45, 7) is 3.67. The van der Waals surface area contributed by atoms with Crippen LogP contribution in [0, 0.1) is 0 Å². The van der Waals surface area contributed by atoms with E-state index in [1.165, 1.54) is 0 Å². The minimum atomic E-state index is -0.550.